The van der Waals surface area contributed by atoms with Gasteiger partial charge in [-0.05, 0) is 19.1 Å². The van der Waals surface area contributed by atoms with Gasteiger partial charge in [0.25, 0.3) is 0 Å². The van der Waals surface area contributed by atoms with Crippen molar-refractivity contribution in [3.05, 3.63) is 54.1 Å². The summed E-state index contributed by atoms with van der Waals surface area (Å²) in [7, 11) is 0. The summed E-state index contributed by atoms with van der Waals surface area (Å²) in [5.41, 5.74) is 0.912. The smallest absolute Gasteiger partial charge is 0.247 e. The lowest BCUT2D eigenvalue weighted by Gasteiger charge is -1.97. The zero-order valence-corrected chi connectivity index (χ0v) is 11.0. The van der Waals surface area contributed by atoms with Crippen LogP contribution in [-0.2, 0) is 13.1 Å². The summed E-state index contributed by atoms with van der Waals surface area (Å²) in [6.45, 7) is 2.86. The molecule has 3 rings (SSSR count). The van der Waals surface area contributed by atoms with E-state index in [-0.39, 0.29) is 0 Å². The molecule has 0 aliphatic carbocycles. The molecule has 6 nitrogen and oxygen atoms in total. The Hall–Kier alpha value is -2.47. The molecule has 20 heavy (non-hydrogen) atoms. The molecule has 1 aromatic carbocycles. The van der Waals surface area contributed by atoms with Crippen LogP contribution in [0.2, 0.25) is 0 Å². The summed E-state index contributed by atoms with van der Waals surface area (Å²) in [6, 6.07) is 9.67. The number of hydrogen-bond acceptors (Lipinski definition) is 6. The Morgan fingerprint density at radius 2 is 1.80 bits per heavy atom. The molecule has 6 heteroatoms. The molecule has 0 aliphatic heterocycles. The second-order valence-corrected chi connectivity index (χ2v) is 4.34. The standard InChI is InChI=1S/C14H14N4O2/c1-10-7-16-12(19-10)8-15-9-13-17-18-14(20-13)11-5-3-2-4-6-11/h2-7,15H,8-9H2,1H3. The van der Waals surface area contributed by atoms with E-state index in [1.54, 1.807) is 6.20 Å². The molecule has 0 amide bonds. The maximum absolute atomic E-state index is 5.58. The average Bonchev–Trinajstić information content (AvgIpc) is 3.09. The van der Waals surface area contributed by atoms with Gasteiger partial charge in [-0.1, -0.05) is 18.2 Å². The van der Waals surface area contributed by atoms with E-state index in [1.807, 2.05) is 37.3 Å². The van der Waals surface area contributed by atoms with Crippen LogP contribution < -0.4 is 5.32 Å². The van der Waals surface area contributed by atoms with Crippen molar-refractivity contribution in [2.75, 3.05) is 0 Å². The number of oxazole rings is 1. The molecule has 0 saturated heterocycles. The minimum Gasteiger partial charge on any atom is -0.445 e. The van der Waals surface area contributed by atoms with Crippen LogP contribution in [0, 0.1) is 6.92 Å². The molecule has 102 valence electrons. The van der Waals surface area contributed by atoms with Gasteiger partial charge in [0.05, 0.1) is 19.3 Å². The molecule has 3 aromatic rings. The molecule has 0 spiro atoms. The quantitative estimate of drug-likeness (QED) is 0.766. The molecule has 0 aliphatic rings. The molecule has 1 N–H and O–H groups in total. The first-order valence-electron chi connectivity index (χ1n) is 6.31. The Kier molecular flexibility index (Phi) is 3.56. The fourth-order valence-corrected chi connectivity index (χ4v) is 1.78. The number of hydrogen-bond donors (Lipinski definition) is 1. The van der Waals surface area contributed by atoms with Crippen molar-refractivity contribution in [2.45, 2.75) is 20.0 Å². The molecular formula is C14H14N4O2. The van der Waals surface area contributed by atoms with Crippen molar-refractivity contribution in [2.24, 2.45) is 0 Å². The molecule has 0 unspecified atom stereocenters. The van der Waals surface area contributed by atoms with Gasteiger partial charge in [0.1, 0.15) is 5.76 Å². The van der Waals surface area contributed by atoms with Gasteiger partial charge >= 0.3 is 0 Å². The van der Waals surface area contributed by atoms with Crippen molar-refractivity contribution in [1.82, 2.24) is 20.5 Å². The average molecular weight is 270 g/mol. The molecule has 0 saturated carbocycles. The second-order valence-electron chi connectivity index (χ2n) is 4.34. The van der Waals surface area contributed by atoms with Crippen LogP contribution in [0.4, 0.5) is 0 Å². The highest BCUT2D eigenvalue weighted by Crippen LogP contribution is 2.16. The van der Waals surface area contributed by atoms with E-state index in [0.717, 1.165) is 11.3 Å². The third kappa shape index (κ3) is 2.92. The van der Waals surface area contributed by atoms with Crippen molar-refractivity contribution >= 4 is 0 Å². The molecule has 2 aromatic heterocycles. The van der Waals surface area contributed by atoms with Gasteiger partial charge in [0, 0.05) is 5.56 Å². The number of aryl methyl sites for hydroxylation is 1. The predicted octanol–water partition coefficient (Wildman–Crippen LogP) is 2.32. The van der Waals surface area contributed by atoms with Crippen LogP contribution in [0.15, 0.2) is 45.4 Å². The minimum atomic E-state index is 0.473. The summed E-state index contributed by atoms with van der Waals surface area (Å²) >= 11 is 0. The normalized spacial score (nSPS) is 10.8. The van der Waals surface area contributed by atoms with E-state index < -0.39 is 0 Å². The zero-order valence-electron chi connectivity index (χ0n) is 11.0. The first kappa shape index (κ1) is 12.6. The highest BCUT2D eigenvalue weighted by atomic mass is 16.4. The Bertz CT molecular complexity index is 675. The molecule has 0 atom stereocenters. The summed E-state index contributed by atoms with van der Waals surface area (Å²) in [5.74, 6) is 2.50. The molecular weight excluding hydrogens is 256 g/mol. The first-order chi connectivity index (χ1) is 9.81. The van der Waals surface area contributed by atoms with E-state index in [9.17, 15) is 0 Å². The van der Waals surface area contributed by atoms with E-state index in [1.165, 1.54) is 0 Å². The lowest BCUT2D eigenvalue weighted by molar-refractivity contribution is 0.428. The maximum atomic E-state index is 5.58. The topological polar surface area (TPSA) is 77.0 Å². The maximum Gasteiger partial charge on any atom is 0.247 e. The fraction of sp³-hybridized carbons (Fsp3) is 0.214. The Morgan fingerprint density at radius 3 is 2.55 bits per heavy atom. The second kappa shape index (κ2) is 5.66. The SMILES string of the molecule is Cc1cnc(CNCc2nnc(-c3ccccc3)o2)o1. The van der Waals surface area contributed by atoms with Crippen molar-refractivity contribution in [3.63, 3.8) is 0 Å². The van der Waals surface area contributed by atoms with E-state index in [2.05, 4.69) is 20.5 Å². The molecule has 2 heterocycles. The van der Waals surface area contributed by atoms with Crippen LogP contribution in [0.5, 0.6) is 0 Å². The summed E-state index contributed by atoms with van der Waals surface area (Å²) < 4.78 is 10.9. The Labute approximate surface area is 115 Å². The van der Waals surface area contributed by atoms with Crippen molar-refractivity contribution < 1.29 is 8.83 Å². The number of nitrogens with one attached hydrogen (secondary N) is 1. The van der Waals surface area contributed by atoms with Gasteiger partial charge in [-0.3, -0.25) is 0 Å². The highest BCUT2D eigenvalue weighted by molar-refractivity contribution is 5.51. The third-order valence-electron chi connectivity index (χ3n) is 2.71. The van der Waals surface area contributed by atoms with Crippen molar-refractivity contribution in [3.8, 4) is 11.5 Å². The number of benzene rings is 1. The van der Waals surface area contributed by atoms with E-state index in [0.29, 0.717) is 30.8 Å². The summed E-state index contributed by atoms with van der Waals surface area (Å²) in [4.78, 5) is 4.10. The molecule has 0 bridgehead atoms. The minimum absolute atomic E-state index is 0.473. The van der Waals surface area contributed by atoms with Crippen LogP contribution in [0.1, 0.15) is 17.5 Å². The van der Waals surface area contributed by atoms with Gasteiger partial charge in [-0.15, -0.1) is 10.2 Å². The number of aromatic nitrogens is 3. The van der Waals surface area contributed by atoms with Crippen LogP contribution in [-0.4, -0.2) is 15.2 Å². The van der Waals surface area contributed by atoms with Gasteiger partial charge in [0.15, 0.2) is 0 Å². The number of nitrogens with zero attached hydrogens (tertiary/aromatic N) is 3. The monoisotopic (exact) mass is 270 g/mol. The lowest BCUT2D eigenvalue weighted by Crippen LogP contribution is -2.13. The van der Waals surface area contributed by atoms with Crippen molar-refractivity contribution in [1.29, 1.82) is 0 Å². The lowest BCUT2D eigenvalue weighted by atomic mass is 10.2. The Balaban J connectivity index is 1.58. The molecule has 0 fully saturated rings. The van der Waals surface area contributed by atoms with Gasteiger partial charge in [-0.25, -0.2) is 4.98 Å². The summed E-state index contributed by atoms with van der Waals surface area (Å²) in [6.07, 6.45) is 1.69. The van der Waals surface area contributed by atoms with Crippen LogP contribution in [0.3, 0.4) is 0 Å². The highest BCUT2D eigenvalue weighted by Gasteiger charge is 2.08. The van der Waals surface area contributed by atoms with Gasteiger partial charge in [-0.2, -0.15) is 0 Å². The molecule has 0 radical (unpaired) electrons. The fourth-order valence-electron chi connectivity index (χ4n) is 1.78. The number of rotatable bonds is 5. The van der Waals surface area contributed by atoms with Gasteiger partial charge in [0.2, 0.25) is 17.7 Å². The Morgan fingerprint density at radius 1 is 1.00 bits per heavy atom. The van der Waals surface area contributed by atoms with Crippen LogP contribution in [0.25, 0.3) is 11.5 Å². The van der Waals surface area contributed by atoms with Gasteiger partial charge < -0.3 is 14.2 Å². The summed E-state index contributed by atoms with van der Waals surface area (Å²) in [5, 5.41) is 11.2. The van der Waals surface area contributed by atoms with Crippen LogP contribution >= 0.6 is 0 Å². The first-order valence-corrected chi connectivity index (χ1v) is 6.31. The van der Waals surface area contributed by atoms with E-state index in [4.69, 9.17) is 8.83 Å². The third-order valence-corrected chi connectivity index (χ3v) is 2.71. The zero-order chi connectivity index (χ0) is 13.8. The predicted molar refractivity (Wildman–Crippen MR) is 71.5 cm³/mol. The van der Waals surface area contributed by atoms with E-state index >= 15 is 0 Å². The largest absolute Gasteiger partial charge is 0.445 e.